The average Bonchev–Trinajstić information content (AvgIpc) is 2.48. The van der Waals surface area contributed by atoms with Crippen molar-refractivity contribution in [2.24, 2.45) is 0 Å². The van der Waals surface area contributed by atoms with Crippen molar-refractivity contribution in [3.8, 4) is 0 Å². The monoisotopic (exact) mass is 288 g/mol. The highest BCUT2D eigenvalue weighted by Gasteiger charge is 2.10. The van der Waals surface area contributed by atoms with E-state index in [4.69, 9.17) is 5.11 Å². The van der Waals surface area contributed by atoms with Gasteiger partial charge in [0.1, 0.15) is 0 Å². The van der Waals surface area contributed by atoms with E-state index in [0.29, 0.717) is 10.9 Å². The van der Waals surface area contributed by atoms with Crippen molar-refractivity contribution in [2.45, 2.75) is 0 Å². The van der Waals surface area contributed by atoms with Crippen molar-refractivity contribution in [2.75, 3.05) is 0 Å². The first-order chi connectivity index (χ1) is 6.20. The maximum absolute atomic E-state index is 10.8. The molecule has 0 aliphatic carbocycles. The molecule has 5 heteroatoms. The summed E-state index contributed by atoms with van der Waals surface area (Å²) in [5, 5.41) is 13.5. The topological polar surface area (TPSA) is 55.1 Å². The Morgan fingerprint density at radius 1 is 1.54 bits per heavy atom. The lowest BCUT2D eigenvalue weighted by Crippen LogP contribution is -1.95. The molecule has 13 heavy (non-hydrogen) atoms. The lowest BCUT2D eigenvalue weighted by atomic mass is 10.1. The molecule has 1 aromatic carbocycles. The van der Waals surface area contributed by atoms with Gasteiger partial charge in [0.05, 0.1) is 40.1 Å². The molecule has 0 atom stereocenters. The second kappa shape index (κ2) is 2.99. The minimum Gasteiger partial charge on any atom is -0.478 e. The SMILES string of the molecule is O=C(O)c1cccc2c1cnn2I. The van der Waals surface area contributed by atoms with Crippen LogP contribution >= 0.6 is 22.9 Å². The highest BCUT2D eigenvalue weighted by molar-refractivity contribution is 14.1. The average molecular weight is 288 g/mol. The molecule has 2 aromatic rings. The van der Waals surface area contributed by atoms with E-state index in [-0.39, 0.29) is 0 Å². The Morgan fingerprint density at radius 2 is 2.31 bits per heavy atom. The van der Waals surface area contributed by atoms with Crippen LogP contribution in [0.15, 0.2) is 24.4 Å². The second-order valence-electron chi connectivity index (χ2n) is 2.55. The summed E-state index contributed by atoms with van der Waals surface area (Å²) < 4.78 is 1.62. The van der Waals surface area contributed by atoms with Crippen molar-refractivity contribution >= 4 is 39.7 Å². The number of hydrogen-bond acceptors (Lipinski definition) is 2. The van der Waals surface area contributed by atoms with Gasteiger partial charge in [0.2, 0.25) is 0 Å². The Labute approximate surface area is 87.7 Å². The molecule has 0 radical (unpaired) electrons. The summed E-state index contributed by atoms with van der Waals surface area (Å²) in [6.45, 7) is 0. The fraction of sp³-hybridized carbons (Fsp3) is 0. The summed E-state index contributed by atoms with van der Waals surface area (Å²) >= 11 is 2.01. The smallest absolute Gasteiger partial charge is 0.336 e. The van der Waals surface area contributed by atoms with Crippen molar-refractivity contribution in [3.05, 3.63) is 30.0 Å². The van der Waals surface area contributed by atoms with Crippen molar-refractivity contribution < 1.29 is 9.90 Å². The Balaban J connectivity index is 2.84. The quantitative estimate of drug-likeness (QED) is 0.816. The predicted molar refractivity (Wildman–Crippen MR) is 56.1 cm³/mol. The molecule has 1 heterocycles. The van der Waals surface area contributed by atoms with E-state index in [2.05, 4.69) is 5.10 Å². The van der Waals surface area contributed by atoms with Crippen molar-refractivity contribution in [1.82, 2.24) is 7.99 Å². The molecule has 2 rings (SSSR count). The second-order valence-corrected chi connectivity index (χ2v) is 3.46. The van der Waals surface area contributed by atoms with E-state index < -0.39 is 5.97 Å². The van der Waals surface area contributed by atoms with E-state index in [1.54, 1.807) is 21.2 Å². The zero-order chi connectivity index (χ0) is 9.42. The van der Waals surface area contributed by atoms with Gasteiger partial charge < -0.3 is 5.11 Å². The number of fused-ring (bicyclic) bond motifs is 1. The number of carboxylic acid groups (broad SMARTS) is 1. The summed E-state index contributed by atoms with van der Waals surface area (Å²) in [6.07, 6.45) is 1.56. The number of nitrogens with zero attached hydrogens (tertiary/aromatic N) is 2. The number of halogens is 1. The normalized spacial score (nSPS) is 10.5. The van der Waals surface area contributed by atoms with Gasteiger partial charge in [-0.25, -0.2) is 7.69 Å². The summed E-state index contributed by atoms with van der Waals surface area (Å²) in [6, 6.07) is 5.12. The van der Waals surface area contributed by atoms with E-state index >= 15 is 0 Å². The van der Waals surface area contributed by atoms with Crippen LogP contribution < -0.4 is 0 Å². The van der Waals surface area contributed by atoms with E-state index in [9.17, 15) is 4.79 Å². The summed E-state index contributed by atoms with van der Waals surface area (Å²) in [7, 11) is 0. The fourth-order valence-corrected chi connectivity index (χ4v) is 1.75. The third-order valence-corrected chi connectivity index (χ3v) is 2.57. The van der Waals surface area contributed by atoms with Gasteiger partial charge >= 0.3 is 5.97 Å². The molecule has 4 nitrogen and oxygen atoms in total. The largest absolute Gasteiger partial charge is 0.478 e. The molecule has 0 saturated heterocycles. The van der Waals surface area contributed by atoms with Crippen LogP contribution in [0.1, 0.15) is 10.4 Å². The minimum atomic E-state index is -0.921. The molecule has 0 fully saturated rings. The summed E-state index contributed by atoms with van der Waals surface area (Å²) in [4.78, 5) is 10.8. The molecule has 1 aromatic heterocycles. The van der Waals surface area contributed by atoms with Gasteiger partial charge in [0.25, 0.3) is 0 Å². The highest BCUT2D eigenvalue weighted by Crippen LogP contribution is 2.19. The van der Waals surface area contributed by atoms with Crippen LogP contribution in [0, 0.1) is 0 Å². The first-order valence-electron chi connectivity index (χ1n) is 3.56. The molecule has 0 amide bonds. The third-order valence-electron chi connectivity index (χ3n) is 1.80. The number of carbonyl (C=O) groups is 1. The maximum atomic E-state index is 10.8. The molecular formula is C8H5IN2O2. The summed E-state index contributed by atoms with van der Waals surface area (Å²) in [5.74, 6) is -0.921. The van der Waals surface area contributed by atoms with Crippen molar-refractivity contribution in [1.29, 1.82) is 0 Å². The molecule has 0 aliphatic heterocycles. The zero-order valence-electron chi connectivity index (χ0n) is 6.44. The van der Waals surface area contributed by atoms with Crippen LogP contribution in [-0.4, -0.2) is 19.1 Å². The van der Waals surface area contributed by atoms with E-state index in [1.807, 2.05) is 28.9 Å². The summed E-state index contributed by atoms with van der Waals surface area (Å²) in [5.41, 5.74) is 1.11. The van der Waals surface area contributed by atoms with Gasteiger partial charge in [-0.15, -0.1) is 0 Å². The molecule has 0 unspecified atom stereocenters. The number of aromatic carboxylic acids is 1. The van der Waals surface area contributed by atoms with Gasteiger partial charge in [-0.05, 0) is 12.1 Å². The first kappa shape index (κ1) is 8.49. The van der Waals surface area contributed by atoms with Crippen LogP contribution in [0.25, 0.3) is 10.9 Å². The number of aromatic nitrogens is 2. The van der Waals surface area contributed by atoms with Gasteiger partial charge in [-0.3, -0.25) is 0 Å². The molecule has 1 N–H and O–H groups in total. The van der Waals surface area contributed by atoms with Crippen LogP contribution in [0.4, 0.5) is 0 Å². The standard InChI is InChI=1S/C8H5IN2O2/c9-11-7-3-1-2-5(8(12)13)6(7)4-10-11/h1-4H,(H,12,13). The molecule has 0 spiro atoms. The number of hydrogen-bond donors (Lipinski definition) is 1. The minimum absolute atomic E-state index is 0.292. The molecule has 66 valence electrons. The van der Waals surface area contributed by atoms with Gasteiger partial charge in [-0.1, -0.05) is 6.07 Å². The highest BCUT2D eigenvalue weighted by atomic mass is 127. The van der Waals surface area contributed by atoms with Crippen LogP contribution in [0.3, 0.4) is 0 Å². The zero-order valence-corrected chi connectivity index (χ0v) is 8.59. The Morgan fingerprint density at radius 3 is 3.00 bits per heavy atom. The molecule has 0 bridgehead atoms. The van der Waals surface area contributed by atoms with Crippen LogP contribution in [0.2, 0.25) is 0 Å². The van der Waals surface area contributed by atoms with Gasteiger partial charge in [-0.2, -0.15) is 5.10 Å². The number of carboxylic acids is 1. The first-order valence-corrected chi connectivity index (χ1v) is 4.53. The number of benzene rings is 1. The number of rotatable bonds is 1. The molecule has 0 saturated carbocycles. The van der Waals surface area contributed by atoms with Crippen molar-refractivity contribution in [3.63, 3.8) is 0 Å². The van der Waals surface area contributed by atoms with E-state index in [0.717, 1.165) is 5.52 Å². The van der Waals surface area contributed by atoms with Crippen LogP contribution in [-0.2, 0) is 0 Å². The molecule has 0 aliphatic rings. The van der Waals surface area contributed by atoms with E-state index in [1.165, 1.54) is 0 Å². The van der Waals surface area contributed by atoms with Crippen LogP contribution in [0.5, 0.6) is 0 Å². The Bertz CT molecular complexity index is 478. The Hall–Kier alpha value is -1.11. The fourth-order valence-electron chi connectivity index (χ4n) is 1.21. The predicted octanol–water partition coefficient (Wildman–Crippen LogP) is 1.93. The van der Waals surface area contributed by atoms with Gasteiger partial charge in [0, 0.05) is 5.39 Å². The Kier molecular flexibility index (Phi) is 1.95. The maximum Gasteiger partial charge on any atom is 0.336 e. The molecular weight excluding hydrogens is 283 g/mol. The third kappa shape index (κ3) is 1.28. The van der Waals surface area contributed by atoms with Gasteiger partial charge in [0.15, 0.2) is 0 Å². The lowest BCUT2D eigenvalue weighted by Gasteiger charge is -1.95. The lowest BCUT2D eigenvalue weighted by molar-refractivity contribution is 0.0699.